The molecule has 0 amide bonds. The summed E-state index contributed by atoms with van der Waals surface area (Å²) >= 11 is 1.50. The fourth-order valence-electron chi connectivity index (χ4n) is 1.53. The first kappa shape index (κ1) is 11.1. The minimum atomic E-state index is -0.629. The third-order valence-electron chi connectivity index (χ3n) is 2.23. The van der Waals surface area contributed by atoms with E-state index in [1.165, 1.54) is 18.4 Å². The van der Waals surface area contributed by atoms with Crippen LogP contribution in [-0.2, 0) is 14.3 Å². The first-order valence-electron chi connectivity index (χ1n) is 4.83. The minimum Gasteiger partial charge on any atom is -0.468 e. The second-order valence-electron chi connectivity index (χ2n) is 3.46. The minimum absolute atomic E-state index is 0.394. The third kappa shape index (κ3) is 1.92. The van der Waals surface area contributed by atoms with Gasteiger partial charge in [0.1, 0.15) is 5.01 Å². The average Bonchev–Trinajstić information content (AvgIpc) is 2.83. The molecule has 0 N–H and O–H groups in total. The topological polar surface area (TPSA) is 60.8 Å². The summed E-state index contributed by atoms with van der Waals surface area (Å²) < 4.78 is 10.2. The van der Waals surface area contributed by atoms with E-state index in [1.807, 2.05) is 6.92 Å². The molecular weight excluding hydrogens is 228 g/mol. The Balaban J connectivity index is 2.25. The van der Waals surface area contributed by atoms with Crippen molar-refractivity contribution in [2.75, 3.05) is 7.11 Å². The highest BCUT2D eigenvalue weighted by Crippen LogP contribution is 2.32. The normalized spacial score (nSPS) is 23.8. The number of thiazole rings is 1. The maximum Gasteiger partial charge on any atom is 0.335 e. The van der Waals surface area contributed by atoms with Crippen molar-refractivity contribution in [2.45, 2.75) is 26.0 Å². The molecule has 1 aromatic heterocycles. The van der Waals surface area contributed by atoms with Crippen LogP contribution in [0.2, 0.25) is 0 Å². The first-order chi connectivity index (χ1) is 7.61. The lowest BCUT2D eigenvalue weighted by molar-refractivity contribution is -0.143. The molecule has 6 heteroatoms. The van der Waals surface area contributed by atoms with Gasteiger partial charge in [-0.1, -0.05) is 0 Å². The van der Waals surface area contributed by atoms with Gasteiger partial charge in [-0.3, -0.25) is 0 Å². The lowest BCUT2D eigenvalue weighted by Crippen LogP contribution is -2.25. The SMILES string of the molecule is COC(=O)C1N=C(C)OC1c1ncc(C)s1. The maximum absolute atomic E-state index is 11.5. The monoisotopic (exact) mass is 240 g/mol. The zero-order chi connectivity index (χ0) is 11.7. The lowest BCUT2D eigenvalue weighted by atomic mass is 10.2. The molecule has 2 atom stereocenters. The molecule has 1 aromatic rings. The van der Waals surface area contributed by atoms with Crippen molar-refractivity contribution < 1.29 is 14.3 Å². The Hall–Kier alpha value is -1.43. The van der Waals surface area contributed by atoms with Crippen LogP contribution in [0.15, 0.2) is 11.2 Å². The van der Waals surface area contributed by atoms with Crippen molar-refractivity contribution in [2.24, 2.45) is 4.99 Å². The molecule has 16 heavy (non-hydrogen) atoms. The Morgan fingerprint density at radius 1 is 1.56 bits per heavy atom. The summed E-state index contributed by atoms with van der Waals surface area (Å²) in [6, 6.07) is -0.629. The predicted octanol–water partition coefficient (Wildman–Crippen LogP) is 1.48. The Bertz CT molecular complexity index is 441. The summed E-state index contributed by atoms with van der Waals surface area (Å²) in [5.41, 5.74) is 0. The van der Waals surface area contributed by atoms with E-state index in [1.54, 1.807) is 13.1 Å². The van der Waals surface area contributed by atoms with Gasteiger partial charge in [-0.2, -0.15) is 0 Å². The maximum atomic E-state index is 11.5. The number of carbonyl (C=O) groups is 1. The summed E-state index contributed by atoms with van der Waals surface area (Å²) in [6.45, 7) is 3.67. The first-order valence-corrected chi connectivity index (χ1v) is 5.64. The number of rotatable bonds is 2. The van der Waals surface area contributed by atoms with Gasteiger partial charge >= 0.3 is 5.97 Å². The quantitative estimate of drug-likeness (QED) is 0.735. The molecule has 2 rings (SSSR count). The smallest absolute Gasteiger partial charge is 0.335 e. The van der Waals surface area contributed by atoms with E-state index in [9.17, 15) is 4.79 Å². The summed E-state index contributed by atoms with van der Waals surface area (Å²) in [7, 11) is 1.34. The van der Waals surface area contributed by atoms with Gasteiger partial charge in [0.25, 0.3) is 0 Å². The predicted molar refractivity (Wildman–Crippen MR) is 59.6 cm³/mol. The van der Waals surface area contributed by atoms with Crippen molar-refractivity contribution in [3.63, 3.8) is 0 Å². The summed E-state index contributed by atoms with van der Waals surface area (Å²) in [5, 5.41) is 0.758. The molecule has 0 aliphatic carbocycles. The van der Waals surface area contributed by atoms with Gasteiger partial charge in [0.2, 0.25) is 0 Å². The van der Waals surface area contributed by atoms with Crippen LogP contribution in [0.1, 0.15) is 22.9 Å². The van der Waals surface area contributed by atoms with Crippen LogP contribution in [0.5, 0.6) is 0 Å². The number of hydrogen-bond acceptors (Lipinski definition) is 6. The Morgan fingerprint density at radius 2 is 2.31 bits per heavy atom. The fraction of sp³-hybridized carbons (Fsp3) is 0.500. The number of aliphatic imine (C=N–C) groups is 1. The molecule has 5 nitrogen and oxygen atoms in total. The average molecular weight is 240 g/mol. The van der Waals surface area contributed by atoms with Crippen LogP contribution >= 0.6 is 11.3 Å². The molecule has 0 saturated carbocycles. The van der Waals surface area contributed by atoms with Gasteiger partial charge in [0, 0.05) is 18.0 Å². The molecule has 1 aliphatic rings. The number of aryl methyl sites for hydroxylation is 1. The lowest BCUT2D eigenvalue weighted by Gasteiger charge is -2.12. The van der Waals surface area contributed by atoms with Crippen molar-refractivity contribution in [1.29, 1.82) is 0 Å². The van der Waals surface area contributed by atoms with E-state index < -0.39 is 18.1 Å². The number of ether oxygens (including phenoxy) is 2. The van der Waals surface area contributed by atoms with Crippen molar-refractivity contribution in [3.05, 3.63) is 16.1 Å². The highest BCUT2D eigenvalue weighted by atomic mass is 32.1. The van der Waals surface area contributed by atoms with Crippen LogP contribution in [-0.4, -0.2) is 30.0 Å². The number of hydrogen-bond donors (Lipinski definition) is 0. The number of esters is 1. The molecule has 2 unspecified atom stereocenters. The third-order valence-corrected chi connectivity index (χ3v) is 3.20. The fourth-order valence-corrected chi connectivity index (χ4v) is 2.36. The van der Waals surface area contributed by atoms with Crippen molar-refractivity contribution >= 4 is 23.2 Å². The van der Waals surface area contributed by atoms with Crippen LogP contribution in [0.25, 0.3) is 0 Å². The van der Waals surface area contributed by atoms with E-state index in [2.05, 4.69) is 9.98 Å². The Labute approximate surface area is 97.1 Å². The largest absolute Gasteiger partial charge is 0.468 e. The number of methoxy groups -OCH3 is 1. The zero-order valence-corrected chi connectivity index (χ0v) is 10.1. The molecule has 0 aromatic carbocycles. The van der Waals surface area contributed by atoms with E-state index >= 15 is 0 Å². The van der Waals surface area contributed by atoms with Gasteiger partial charge in [-0.15, -0.1) is 11.3 Å². The van der Waals surface area contributed by atoms with Crippen LogP contribution < -0.4 is 0 Å². The van der Waals surface area contributed by atoms with E-state index in [0.29, 0.717) is 5.90 Å². The van der Waals surface area contributed by atoms with E-state index in [4.69, 9.17) is 9.47 Å². The standard InChI is InChI=1S/C10H12N2O3S/c1-5-4-11-9(16-5)8-7(10(13)14-3)12-6(2)15-8/h4,7-8H,1-3H3. The van der Waals surface area contributed by atoms with Crippen molar-refractivity contribution in [1.82, 2.24) is 4.98 Å². The molecule has 1 aliphatic heterocycles. The number of carbonyl (C=O) groups excluding carboxylic acids is 1. The molecule has 0 radical (unpaired) electrons. The molecule has 0 bridgehead atoms. The van der Waals surface area contributed by atoms with E-state index in [0.717, 1.165) is 9.88 Å². The highest BCUT2D eigenvalue weighted by molar-refractivity contribution is 7.11. The van der Waals surface area contributed by atoms with E-state index in [-0.39, 0.29) is 0 Å². The van der Waals surface area contributed by atoms with Gasteiger partial charge in [0.15, 0.2) is 18.0 Å². The van der Waals surface area contributed by atoms with Crippen molar-refractivity contribution in [3.8, 4) is 0 Å². The molecule has 0 fully saturated rings. The molecule has 86 valence electrons. The summed E-state index contributed by atoms with van der Waals surface area (Å²) in [5.74, 6) is 0.1000. The van der Waals surface area contributed by atoms with Gasteiger partial charge in [0.05, 0.1) is 7.11 Å². The molecule has 2 heterocycles. The van der Waals surface area contributed by atoms with Crippen LogP contribution in [0.3, 0.4) is 0 Å². The number of nitrogens with zero attached hydrogens (tertiary/aromatic N) is 2. The second kappa shape index (κ2) is 4.21. The second-order valence-corrected chi connectivity index (χ2v) is 4.73. The number of aromatic nitrogens is 1. The van der Waals surface area contributed by atoms with Gasteiger partial charge in [-0.05, 0) is 6.92 Å². The Kier molecular flexibility index (Phi) is 2.91. The van der Waals surface area contributed by atoms with Gasteiger partial charge < -0.3 is 9.47 Å². The molecule has 0 saturated heterocycles. The molecular formula is C10H12N2O3S. The van der Waals surface area contributed by atoms with Crippen LogP contribution in [0, 0.1) is 6.92 Å². The highest BCUT2D eigenvalue weighted by Gasteiger charge is 2.38. The zero-order valence-electron chi connectivity index (χ0n) is 9.26. The molecule has 0 spiro atoms. The van der Waals surface area contributed by atoms with Gasteiger partial charge in [-0.25, -0.2) is 14.8 Å². The summed E-state index contributed by atoms with van der Waals surface area (Å²) in [4.78, 5) is 20.9. The Morgan fingerprint density at radius 3 is 2.88 bits per heavy atom. The summed E-state index contributed by atoms with van der Waals surface area (Å²) in [6.07, 6.45) is 1.32. The van der Waals surface area contributed by atoms with Crippen LogP contribution in [0.4, 0.5) is 0 Å².